The molecule has 3 rings (SSSR count). The van der Waals surface area contributed by atoms with Crippen molar-refractivity contribution < 1.29 is 0 Å². The zero-order chi connectivity index (χ0) is 8.34. The van der Waals surface area contributed by atoms with Crippen molar-refractivity contribution in [1.29, 1.82) is 0 Å². The summed E-state index contributed by atoms with van der Waals surface area (Å²) in [4.78, 5) is 2.82. The second-order valence-corrected chi connectivity index (χ2v) is 5.45. The molecule has 4 atom stereocenters. The van der Waals surface area contributed by atoms with Crippen LogP contribution in [0.2, 0.25) is 0 Å². The minimum Gasteiger partial charge on any atom is -0.295 e. The van der Waals surface area contributed by atoms with Crippen LogP contribution in [0.3, 0.4) is 0 Å². The minimum absolute atomic E-state index is 0.616. The number of piperidine rings is 1. The first-order chi connectivity index (χ1) is 5.71. The SMILES string of the molecule is CC1CC2(C)CC1C1CCCN12. The highest BCUT2D eigenvalue weighted by Gasteiger charge is 2.57. The van der Waals surface area contributed by atoms with Crippen LogP contribution in [-0.2, 0) is 0 Å². The van der Waals surface area contributed by atoms with Gasteiger partial charge in [-0.3, -0.25) is 4.90 Å². The molecule has 2 bridgehead atoms. The summed E-state index contributed by atoms with van der Waals surface area (Å²) in [6.45, 7) is 6.35. The van der Waals surface area contributed by atoms with Crippen molar-refractivity contribution in [1.82, 2.24) is 4.90 Å². The van der Waals surface area contributed by atoms with Gasteiger partial charge in [-0.2, -0.15) is 0 Å². The topological polar surface area (TPSA) is 3.24 Å². The number of hydrogen-bond acceptors (Lipinski definition) is 1. The van der Waals surface area contributed by atoms with E-state index in [0.717, 1.165) is 17.9 Å². The molecule has 1 heteroatoms. The van der Waals surface area contributed by atoms with E-state index in [-0.39, 0.29) is 0 Å². The Hall–Kier alpha value is -0.0400. The van der Waals surface area contributed by atoms with E-state index in [2.05, 4.69) is 18.7 Å². The van der Waals surface area contributed by atoms with Gasteiger partial charge in [0.15, 0.2) is 0 Å². The van der Waals surface area contributed by atoms with Crippen molar-refractivity contribution in [3.63, 3.8) is 0 Å². The molecule has 12 heavy (non-hydrogen) atoms. The molecule has 2 aliphatic heterocycles. The summed E-state index contributed by atoms with van der Waals surface area (Å²) in [5.74, 6) is 2.06. The summed E-state index contributed by atoms with van der Waals surface area (Å²) in [6.07, 6.45) is 5.92. The lowest BCUT2D eigenvalue weighted by atomic mass is 9.88. The molecule has 0 radical (unpaired) electrons. The fraction of sp³-hybridized carbons (Fsp3) is 1.00. The number of rotatable bonds is 0. The number of fused-ring (bicyclic) bond motifs is 5. The van der Waals surface area contributed by atoms with E-state index in [1.54, 1.807) is 0 Å². The van der Waals surface area contributed by atoms with E-state index in [1.807, 2.05) is 0 Å². The Morgan fingerprint density at radius 3 is 3.00 bits per heavy atom. The van der Waals surface area contributed by atoms with Crippen molar-refractivity contribution in [2.45, 2.75) is 51.1 Å². The average Bonchev–Trinajstić information content (AvgIpc) is 2.57. The molecule has 0 spiro atoms. The Balaban J connectivity index is 1.97. The second-order valence-electron chi connectivity index (χ2n) is 5.45. The molecule has 0 aromatic heterocycles. The van der Waals surface area contributed by atoms with Gasteiger partial charge in [-0.25, -0.2) is 0 Å². The Labute approximate surface area is 75.1 Å². The average molecular weight is 165 g/mol. The molecule has 1 nitrogen and oxygen atoms in total. The third kappa shape index (κ3) is 0.693. The lowest BCUT2D eigenvalue weighted by molar-refractivity contribution is 0.0894. The lowest BCUT2D eigenvalue weighted by Gasteiger charge is -2.39. The van der Waals surface area contributed by atoms with Crippen molar-refractivity contribution in [2.75, 3.05) is 6.54 Å². The van der Waals surface area contributed by atoms with Gasteiger partial charge in [-0.05, 0) is 51.0 Å². The van der Waals surface area contributed by atoms with Crippen LogP contribution in [-0.4, -0.2) is 23.0 Å². The Morgan fingerprint density at radius 1 is 1.33 bits per heavy atom. The lowest BCUT2D eigenvalue weighted by Crippen LogP contribution is -2.46. The van der Waals surface area contributed by atoms with Crippen molar-refractivity contribution in [3.8, 4) is 0 Å². The summed E-state index contributed by atoms with van der Waals surface area (Å²) < 4.78 is 0. The summed E-state index contributed by atoms with van der Waals surface area (Å²) >= 11 is 0. The second kappa shape index (κ2) is 2.06. The third-order valence-electron chi connectivity index (χ3n) is 4.65. The standard InChI is InChI=1S/C11H19N/c1-8-6-11(2)7-9(8)10-4-3-5-12(10)11/h8-10H,3-7H2,1-2H3. The molecule has 1 saturated carbocycles. The van der Waals surface area contributed by atoms with Gasteiger partial charge < -0.3 is 0 Å². The zero-order valence-electron chi connectivity index (χ0n) is 8.21. The molecule has 0 amide bonds. The van der Waals surface area contributed by atoms with Gasteiger partial charge in [0.1, 0.15) is 0 Å². The van der Waals surface area contributed by atoms with Crippen LogP contribution in [0.1, 0.15) is 39.5 Å². The molecular weight excluding hydrogens is 146 g/mol. The first-order valence-electron chi connectivity index (χ1n) is 5.47. The predicted octanol–water partition coefficient (Wildman–Crippen LogP) is 2.27. The van der Waals surface area contributed by atoms with E-state index in [0.29, 0.717) is 5.54 Å². The van der Waals surface area contributed by atoms with E-state index in [9.17, 15) is 0 Å². The zero-order valence-corrected chi connectivity index (χ0v) is 8.21. The highest BCUT2D eigenvalue weighted by molar-refractivity contribution is 5.11. The predicted molar refractivity (Wildman–Crippen MR) is 50.0 cm³/mol. The van der Waals surface area contributed by atoms with Gasteiger partial charge in [0.2, 0.25) is 0 Å². The monoisotopic (exact) mass is 165 g/mol. The summed E-state index contributed by atoms with van der Waals surface area (Å²) in [5, 5.41) is 0. The van der Waals surface area contributed by atoms with Crippen LogP contribution in [0.4, 0.5) is 0 Å². The van der Waals surface area contributed by atoms with Crippen LogP contribution >= 0.6 is 0 Å². The van der Waals surface area contributed by atoms with E-state index < -0.39 is 0 Å². The number of hydrogen-bond donors (Lipinski definition) is 0. The normalized spacial score (nSPS) is 58.0. The maximum atomic E-state index is 2.82. The van der Waals surface area contributed by atoms with Gasteiger partial charge >= 0.3 is 0 Å². The quantitative estimate of drug-likeness (QED) is 0.532. The summed E-state index contributed by atoms with van der Waals surface area (Å²) in [5.41, 5.74) is 0.616. The van der Waals surface area contributed by atoms with Crippen molar-refractivity contribution in [3.05, 3.63) is 0 Å². The first-order valence-corrected chi connectivity index (χ1v) is 5.47. The third-order valence-corrected chi connectivity index (χ3v) is 4.65. The fourth-order valence-corrected chi connectivity index (χ4v) is 4.29. The van der Waals surface area contributed by atoms with Gasteiger partial charge in [-0.15, -0.1) is 0 Å². The minimum atomic E-state index is 0.616. The Kier molecular flexibility index (Phi) is 1.27. The largest absolute Gasteiger partial charge is 0.295 e. The molecule has 68 valence electrons. The molecule has 0 aromatic carbocycles. The molecule has 4 unspecified atom stereocenters. The van der Waals surface area contributed by atoms with Crippen LogP contribution in [0, 0.1) is 11.8 Å². The van der Waals surface area contributed by atoms with Crippen molar-refractivity contribution >= 4 is 0 Å². The van der Waals surface area contributed by atoms with Crippen LogP contribution < -0.4 is 0 Å². The molecule has 3 fully saturated rings. The van der Waals surface area contributed by atoms with E-state index in [4.69, 9.17) is 0 Å². The molecule has 3 aliphatic rings. The maximum Gasteiger partial charge on any atom is 0.0190 e. The molecular formula is C11H19N. The van der Waals surface area contributed by atoms with Crippen molar-refractivity contribution in [2.24, 2.45) is 11.8 Å². The summed E-state index contributed by atoms with van der Waals surface area (Å²) in [6, 6.07) is 0.985. The molecule has 0 aromatic rings. The highest BCUT2D eigenvalue weighted by Crippen LogP contribution is 2.55. The number of nitrogens with zero attached hydrogens (tertiary/aromatic N) is 1. The molecule has 1 aliphatic carbocycles. The van der Waals surface area contributed by atoms with E-state index in [1.165, 1.54) is 32.2 Å². The van der Waals surface area contributed by atoms with Gasteiger partial charge in [-0.1, -0.05) is 6.92 Å². The molecule has 2 heterocycles. The summed E-state index contributed by atoms with van der Waals surface area (Å²) in [7, 11) is 0. The highest BCUT2D eigenvalue weighted by atomic mass is 15.3. The molecule has 0 N–H and O–H groups in total. The van der Waals surface area contributed by atoms with Crippen LogP contribution in [0.5, 0.6) is 0 Å². The van der Waals surface area contributed by atoms with Crippen LogP contribution in [0.25, 0.3) is 0 Å². The smallest absolute Gasteiger partial charge is 0.0190 e. The van der Waals surface area contributed by atoms with Crippen LogP contribution in [0.15, 0.2) is 0 Å². The fourth-order valence-electron chi connectivity index (χ4n) is 4.29. The van der Waals surface area contributed by atoms with E-state index >= 15 is 0 Å². The molecule has 2 saturated heterocycles. The van der Waals surface area contributed by atoms with Gasteiger partial charge in [0.25, 0.3) is 0 Å². The maximum absolute atomic E-state index is 2.82. The first kappa shape index (κ1) is 7.37. The van der Waals surface area contributed by atoms with Gasteiger partial charge in [0, 0.05) is 11.6 Å². The Bertz CT molecular complexity index is 213. The Morgan fingerprint density at radius 2 is 2.17 bits per heavy atom. The van der Waals surface area contributed by atoms with Gasteiger partial charge in [0.05, 0.1) is 0 Å².